The molecule has 10 heteroatoms. The number of urea groups is 1. The molecule has 0 unspecified atom stereocenters. The first-order chi connectivity index (χ1) is 10.1. The van der Waals surface area contributed by atoms with Crippen molar-refractivity contribution >= 4 is 33.8 Å². The molecule has 0 spiro atoms. The van der Waals surface area contributed by atoms with Gasteiger partial charge in [-0.2, -0.15) is 0 Å². The lowest BCUT2D eigenvalue weighted by Crippen LogP contribution is -2.32. The van der Waals surface area contributed by atoms with Crippen LogP contribution in [0.3, 0.4) is 0 Å². The molecule has 2 heterocycles. The summed E-state index contributed by atoms with van der Waals surface area (Å²) in [5.41, 5.74) is 0. The van der Waals surface area contributed by atoms with Crippen LogP contribution in [0, 0.1) is 0 Å². The van der Waals surface area contributed by atoms with E-state index < -0.39 is 17.5 Å². The number of nitrogens with zero attached hydrogens (tertiary/aromatic N) is 2. The fourth-order valence-corrected chi connectivity index (χ4v) is 2.98. The zero-order valence-corrected chi connectivity index (χ0v) is 12.3. The maximum Gasteiger partial charge on any atom is 0.321 e. The van der Waals surface area contributed by atoms with Gasteiger partial charge in [0.25, 0.3) is 6.43 Å². The number of carbonyl (C=O) groups excluding carboxylic acids is 1. The number of carbonyl (C=O) groups is 1. The quantitative estimate of drug-likeness (QED) is 0.758. The predicted molar refractivity (Wildman–Crippen MR) is 75.8 cm³/mol. The maximum absolute atomic E-state index is 12.4. The van der Waals surface area contributed by atoms with Crippen LogP contribution < -0.4 is 10.6 Å². The van der Waals surface area contributed by atoms with E-state index in [2.05, 4.69) is 20.8 Å². The van der Waals surface area contributed by atoms with Gasteiger partial charge in [-0.05, 0) is 17.9 Å². The minimum atomic E-state index is -2.71. The number of nitrogens with one attached hydrogen (secondary N) is 2. The van der Waals surface area contributed by atoms with Gasteiger partial charge in [-0.15, -0.1) is 21.5 Å². The Morgan fingerprint density at radius 1 is 1.43 bits per heavy atom. The Kier molecular flexibility index (Phi) is 5.53. The lowest BCUT2D eigenvalue weighted by atomic mass is 10.2. The molecular weight excluding hydrogens is 322 g/mol. The Morgan fingerprint density at radius 2 is 2.24 bits per heavy atom. The van der Waals surface area contributed by atoms with Crippen molar-refractivity contribution in [1.29, 1.82) is 0 Å². The van der Waals surface area contributed by atoms with E-state index in [1.807, 2.05) is 17.5 Å². The number of aliphatic hydroxyl groups is 1. The van der Waals surface area contributed by atoms with E-state index in [0.717, 1.165) is 4.88 Å². The smallest absolute Gasteiger partial charge is 0.321 e. The highest BCUT2D eigenvalue weighted by Gasteiger charge is 2.18. The molecule has 0 aliphatic rings. The van der Waals surface area contributed by atoms with Crippen molar-refractivity contribution in [2.24, 2.45) is 0 Å². The van der Waals surface area contributed by atoms with E-state index in [1.165, 1.54) is 11.3 Å². The second kappa shape index (κ2) is 7.38. The molecule has 3 N–H and O–H groups in total. The molecule has 6 nitrogen and oxygen atoms in total. The van der Waals surface area contributed by atoms with Crippen molar-refractivity contribution in [1.82, 2.24) is 15.5 Å². The van der Waals surface area contributed by atoms with Crippen molar-refractivity contribution in [2.75, 3.05) is 11.9 Å². The number of anilines is 1. The number of amides is 2. The molecular formula is C11H12F2N4O2S2. The molecule has 114 valence electrons. The molecule has 0 aromatic carbocycles. The minimum absolute atomic E-state index is 0.00303. The first-order valence-corrected chi connectivity index (χ1v) is 7.63. The maximum atomic E-state index is 12.4. The fraction of sp³-hybridized carbons (Fsp3) is 0.364. The summed E-state index contributed by atoms with van der Waals surface area (Å²) in [5, 5.41) is 22.2. The summed E-state index contributed by atoms with van der Waals surface area (Å²) in [6.45, 7) is -0.0861. The van der Waals surface area contributed by atoms with Crippen LogP contribution in [0.4, 0.5) is 18.7 Å². The average molecular weight is 334 g/mol. The molecule has 0 aliphatic carbocycles. The topological polar surface area (TPSA) is 87.1 Å². The summed E-state index contributed by atoms with van der Waals surface area (Å²) < 4.78 is 24.7. The second-order valence-corrected chi connectivity index (χ2v) is 5.91. The molecule has 0 aliphatic heterocycles. The number of hydrogen-bond acceptors (Lipinski definition) is 6. The van der Waals surface area contributed by atoms with Gasteiger partial charge in [-0.25, -0.2) is 13.6 Å². The van der Waals surface area contributed by atoms with Crippen LogP contribution in [0.15, 0.2) is 17.5 Å². The molecule has 2 aromatic heterocycles. The summed E-state index contributed by atoms with van der Waals surface area (Å²) >= 11 is 2.07. The number of hydrogen-bond donors (Lipinski definition) is 3. The lowest BCUT2D eigenvalue weighted by molar-refractivity contribution is 0.150. The minimum Gasteiger partial charge on any atom is -0.396 e. The third-order valence-corrected chi connectivity index (χ3v) is 4.29. The molecule has 0 bridgehead atoms. The van der Waals surface area contributed by atoms with E-state index in [-0.39, 0.29) is 17.8 Å². The number of aliphatic hydroxyl groups excluding tert-OH is 1. The highest BCUT2D eigenvalue weighted by molar-refractivity contribution is 7.15. The molecule has 2 rings (SSSR count). The third kappa shape index (κ3) is 4.41. The summed E-state index contributed by atoms with van der Waals surface area (Å²) in [5.74, 6) is 0. The summed E-state index contributed by atoms with van der Waals surface area (Å²) in [6.07, 6.45) is -2.36. The van der Waals surface area contributed by atoms with Gasteiger partial charge in [0.2, 0.25) is 5.13 Å². The van der Waals surface area contributed by atoms with Gasteiger partial charge >= 0.3 is 6.03 Å². The number of halogens is 2. The van der Waals surface area contributed by atoms with Crippen molar-refractivity contribution in [3.63, 3.8) is 0 Å². The molecule has 2 amide bonds. The SMILES string of the molecule is O=C(Nc1nnc(C(F)F)s1)N[C@@H](CCO)c1cccs1. The van der Waals surface area contributed by atoms with Crippen molar-refractivity contribution in [3.05, 3.63) is 27.4 Å². The monoisotopic (exact) mass is 334 g/mol. The van der Waals surface area contributed by atoms with Crippen LogP contribution in [-0.4, -0.2) is 27.9 Å². The summed E-state index contributed by atoms with van der Waals surface area (Å²) in [7, 11) is 0. The Bertz CT molecular complexity index is 577. The van der Waals surface area contributed by atoms with Crippen molar-refractivity contribution in [2.45, 2.75) is 18.9 Å². The lowest BCUT2D eigenvalue weighted by Gasteiger charge is -2.16. The number of thiophene rings is 1. The molecule has 0 fully saturated rings. The van der Waals surface area contributed by atoms with E-state index >= 15 is 0 Å². The predicted octanol–water partition coefficient (Wildman–Crippen LogP) is 2.78. The normalized spacial score (nSPS) is 12.4. The Labute approximate surface area is 126 Å². The molecule has 0 saturated carbocycles. The van der Waals surface area contributed by atoms with E-state index in [1.54, 1.807) is 0 Å². The zero-order chi connectivity index (χ0) is 15.2. The van der Waals surface area contributed by atoms with Gasteiger partial charge in [0.05, 0.1) is 6.04 Å². The number of rotatable bonds is 6. The van der Waals surface area contributed by atoms with E-state index in [0.29, 0.717) is 17.8 Å². The molecule has 0 saturated heterocycles. The van der Waals surface area contributed by atoms with Gasteiger partial charge < -0.3 is 10.4 Å². The largest absolute Gasteiger partial charge is 0.396 e. The van der Waals surface area contributed by atoms with Gasteiger partial charge in [0.15, 0.2) is 5.01 Å². The molecule has 2 aromatic rings. The fourth-order valence-electron chi connectivity index (χ4n) is 1.57. The molecule has 1 atom stereocenters. The Hall–Kier alpha value is -1.65. The average Bonchev–Trinajstić information content (AvgIpc) is 3.09. The van der Waals surface area contributed by atoms with E-state index in [9.17, 15) is 13.6 Å². The van der Waals surface area contributed by atoms with Crippen LogP contribution in [-0.2, 0) is 0 Å². The number of aromatic nitrogens is 2. The van der Waals surface area contributed by atoms with Gasteiger partial charge in [-0.1, -0.05) is 17.4 Å². The second-order valence-electron chi connectivity index (χ2n) is 3.92. The standard InChI is InChI=1S/C11H12F2N4O2S2/c12-8(13)9-16-17-11(21-9)15-10(19)14-6(3-4-18)7-2-1-5-20-7/h1-2,5-6,8,18H,3-4H2,(H2,14,15,17,19)/t6-/m0/s1. The van der Waals surface area contributed by atoms with Crippen LogP contribution in [0.25, 0.3) is 0 Å². The van der Waals surface area contributed by atoms with Crippen molar-refractivity contribution < 1.29 is 18.7 Å². The molecule has 0 radical (unpaired) electrons. The number of alkyl halides is 2. The van der Waals surface area contributed by atoms with Gasteiger partial charge in [-0.3, -0.25) is 5.32 Å². The summed E-state index contributed by atoms with van der Waals surface area (Å²) in [6, 6.07) is 2.74. The summed E-state index contributed by atoms with van der Waals surface area (Å²) in [4.78, 5) is 12.7. The Morgan fingerprint density at radius 3 is 2.81 bits per heavy atom. The third-order valence-electron chi connectivity index (χ3n) is 2.46. The van der Waals surface area contributed by atoms with Gasteiger partial charge in [0, 0.05) is 11.5 Å². The van der Waals surface area contributed by atoms with E-state index in [4.69, 9.17) is 5.11 Å². The van der Waals surface area contributed by atoms with Crippen LogP contribution in [0.2, 0.25) is 0 Å². The highest BCUT2D eigenvalue weighted by Crippen LogP contribution is 2.25. The van der Waals surface area contributed by atoms with Crippen molar-refractivity contribution in [3.8, 4) is 0 Å². The van der Waals surface area contributed by atoms with Crippen LogP contribution >= 0.6 is 22.7 Å². The first-order valence-electron chi connectivity index (χ1n) is 5.93. The molecule has 21 heavy (non-hydrogen) atoms. The Balaban J connectivity index is 1.95. The van der Waals surface area contributed by atoms with Gasteiger partial charge in [0.1, 0.15) is 0 Å². The van der Waals surface area contributed by atoms with Crippen LogP contribution in [0.1, 0.15) is 28.8 Å². The zero-order valence-electron chi connectivity index (χ0n) is 10.6. The highest BCUT2D eigenvalue weighted by atomic mass is 32.1. The first kappa shape index (κ1) is 15.7. The van der Waals surface area contributed by atoms with Crippen LogP contribution in [0.5, 0.6) is 0 Å².